The molecule has 0 saturated carbocycles. The van der Waals surface area contributed by atoms with Gasteiger partial charge in [-0.25, -0.2) is 0 Å². The van der Waals surface area contributed by atoms with Gasteiger partial charge in [0.15, 0.2) is 12.4 Å². The number of benzene rings is 1. The molecule has 0 fully saturated rings. The third-order valence-electron chi connectivity index (χ3n) is 4.24. The number of nitrogens with zero attached hydrogens (tertiary/aromatic N) is 1. The number of para-hydroxylation sites is 1. The number of halogens is 1. The Morgan fingerprint density at radius 3 is 2.69 bits per heavy atom. The number of thiophene rings is 1. The normalized spacial score (nSPS) is 15.6. The van der Waals surface area contributed by atoms with Gasteiger partial charge in [0.05, 0.1) is 15.6 Å². The first-order valence-electron chi connectivity index (χ1n) is 8.30. The number of esters is 1. The van der Waals surface area contributed by atoms with Crippen molar-refractivity contribution in [3.8, 4) is 0 Å². The van der Waals surface area contributed by atoms with Crippen LogP contribution in [0.4, 0.5) is 5.69 Å². The van der Waals surface area contributed by atoms with Crippen molar-refractivity contribution in [1.29, 1.82) is 0 Å². The molecular formula is C19H18ClNO4S. The van der Waals surface area contributed by atoms with Gasteiger partial charge < -0.3 is 9.64 Å². The number of anilines is 1. The zero-order valence-electron chi connectivity index (χ0n) is 14.2. The Bertz CT molecular complexity index is 848. The van der Waals surface area contributed by atoms with Gasteiger partial charge in [-0.05, 0) is 37.1 Å². The number of hydrogen-bond donors (Lipinski definition) is 0. The zero-order chi connectivity index (χ0) is 18.7. The number of ketones is 1. The van der Waals surface area contributed by atoms with Crippen molar-refractivity contribution < 1.29 is 19.1 Å². The molecule has 1 aromatic heterocycles. The van der Waals surface area contributed by atoms with Crippen molar-refractivity contribution >= 4 is 46.3 Å². The van der Waals surface area contributed by atoms with Crippen LogP contribution in [-0.2, 0) is 20.7 Å². The van der Waals surface area contributed by atoms with Crippen LogP contribution in [0.25, 0.3) is 0 Å². The minimum atomic E-state index is -0.561. The van der Waals surface area contributed by atoms with Crippen molar-refractivity contribution in [2.45, 2.75) is 32.2 Å². The molecule has 0 spiro atoms. The van der Waals surface area contributed by atoms with Crippen LogP contribution in [0.5, 0.6) is 0 Å². The maximum absolute atomic E-state index is 12.5. The van der Waals surface area contributed by atoms with E-state index in [4.69, 9.17) is 16.3 Å². The lowest BCUT2D eigenvalue weighted by Crippen LogP contribution is -2.38. The summed E-state index contributed by atoms with van der Waals surface area (Å²) in [5.74, 6) is -0.978. The third-order valence-corrected chi connectivity index (χ3v) is 5.51. The van der Waals surface area contributed by atoms with Gasteiger partial charge in [-0.1, -0.05) is 29.8 Å². The molecule has 0 unspecified atom stereocenters. The van der Waals surface area contributed by atoms with E-state index in [0.717, 1.165) is 17.7 Å². The van der Waals surface area contributed by atoms with Crippen LogP contribution in [0.1, 0.15) is 35.0 Å². The van der Waals surface area contributed by atoms with Crippen LogP contribution in [0.2, 0.25) is 4.34 Å². The van der Waals surface area contributed by atoms with Crippen LogP contribution in [0.3, 0.4) is 0 Å². The Morgan fingerprint density at radius 2 is 1.96 bits per heavy atom. The minimum absolute atomic E-state index is 0.0313. The number of hydrogen-bond acceptors (Lipinski definition) is 5. The Morgan fingerprint density at radius 1 is 1.19 bits per heavy atom. The lowest BCUT2D eigenvalue weighted by Gasteiger charge is -2.22. The quantitative estimate of drug-likeness (QED) is 0.553. The standard InChI is InChI=1S/C19H18ClNO4S/c1-12-10-13-4-2-3-5-14(13)21(12)18(23)11-25-19(24)9-6-15(22)16-7-8-17(20)26-16/h2-5,7-8,12H,6,9-11H2,1H3/t12-/m0/s1. The lowest BCUT2D eigenvalue weighted by atomic mass is 10.1. The highest BCUT2D eigenvalue weighted by molar-refractivity contribution is 7.18. The molecule has 0 aliphatic carbocycles. The van der Waals surface area contributed by atoms with E-state index in [-0.39, 0.29) is 37.2 Å². The molecule has 1 aliphatic rings. The van der Waals surface area contributed by atoms with E-state index >= 15 is 0 Å². The fourth-order valence-electron chi connectivity index (χ4n) is 3.03. The Labute approximate surface area is 160 Å². The van der Waals surface area contributed by atoms with Crippen molar-refractivity contribution in [2.24, 2.45) is 0 Å². The first-order valence-corrected chi connectivity index (χ1v) is 9.49. The predicted molar refractivity (Wildman–Crippen MR) is 101 cm³/mol. The molecular weight excluding hydrogens is 374 g/mol. The number of fused-ring (bicyclic) bond motifs is 1. The fourth-order valence-corrected chi connectivity index (χ4v) is 4.04. The van der Waals surface area contributed by atoms with Crippen molar-refractivity contribution in [2.75, 3.05) is 11.5 Å². The summed E-state index contributed by atoms with van der Waals surface area (Å²) in [5.41, 5.74) is 1.98. The summed E-state index contributed by atoms with van der Waals surface area (Å²) in [7, 11) is 0. The van der Waals surface area contributed by atoms with Crippen molar-refractivity contribution in [3.63, 3.8) is 0 Å². The second kappa shape index (κ2) is 8.01. The molecule has 1 atom stereocenters. The molecule has 0 radical (unpaired) electrons. The summed E-state index contributed by atoms with van der Waals surface area (Å²) >= 11 is 6.97. The summed E-state index contributed by atoms with van der Waals surface area (Å²) in [6.07, 6.45) is 0.758. The highest BCUT2D eigenvalue weighted by Gasteiger charge is 2.30. The van der Waals surface area contributed by atoms with Crippen LogP contribution in [0.15, 0.2) is 36.4 Å². The van der Waals surface area contributed by atoms with Crippen LogP contribution in [-0.4, -0.2) is 30.3 Å². The summed E-state index contributed by atoms with van der Waals surface area (Å²) in [6.45, 7) is 1.64. The van der Waals surface area contributed by atoms with Gasteiger partial charge in [0, 0.05) is 18.2 Å². The van der Waals surface area contributed by atoms with E-state index in [1.165, 1.54) is 11.3 Å². The number of carbonyl (C=O) groups is 3. The van der Waals surface area contributed by atoms with E-state index < -0.39 is 5.97 Å². The summed E-state index contributed by atoms with van der Waals surface area (Å²) in [6, 6.07) is 11.0. The van der Waals surface area contributed by atoms with Crippen LogP contribution >= 0.6 is 22.9 Å². The molecule has 0 bridgehead atoms. The largest absolute Gasteiger partial charge is 0.456 e. The smallest absolute Gasteiger partial charge is 0.306 e. The summed E-state index contributed by atoms with van der Waals surface area (Å²) < 4.78 is 5.60. The van der Waals surface area contributed by atoms with Gasteiger partial charge in [-0.3, -0.25) is 14.4 Å². The van der Waals surface area contributed by atoms with Gasteiger partial charge in [0.1, 0.15) is 0 Å². The molecule has 0 N–H and O–H groups in total. The van der Waals surface area contributed by atoms with Gasteiger partial charge in [0.25, 0.3) is 5.91 Å². The second-order valence-electron chi connectivity index (χ2n) is 6.13. The highest BCUT2D eigenvalue weighted by Crippen LogP contribution is 2.31. The summed E-state index contributed by atoms with van der Waals surface area (Å²) in [4.78, 5) is 38.5. The van der Waals surface area contributed by atoms with Crippen LogP contribution in [0, 0.1) is 0 Å². The lowest BCUT2D eigenvalue weighted by molar-refractivity contribution is -0.147. The van der Waals surface area contributed by atoms with Crippen molar-refractivity contribution in [3.05, 3.63) is 51.2 Å². The second-order valence-corrected chi connectivity index (χ2v) is 7.85. The third kappa shape index (κ3) is 4.14. The predicted octanol–water partition coefficient (Wildman–Crippen LogP) is 3.89. The monoisotopic (exact) mass is 391 g/mol. The average molecular weight is 392 g/mol. The molecule has 3 rings (SSSR count). The van der Waals surface area contributed by atoms with Gasteiger partial charge in [-0.15, -0.1) is 11.3 Å². The van der Waals surface area contributed by atoms with Crippen LogP contribution < -0.4 is 4.90 Å². The molecule has 5 nitrogen and oxygen atoms in total. The van der Waals surface area contributed by atoms with Gasteiger partial charge in [0.2, 0.25) is 0 Å². The van der Waals surface area contributed by atoms with E-state index in [1.807, 2.05) is 31.2 Å². The SMILES string of the molecule is C[C@H]1Cc2ccccc2N1C(=O)COC(=O)CCC(=O)c1ccc(Cl)s1. The maximum Gasteiger partial charge on any atom is 0.306 e. The van der Waals surface area contributed by atoms with E-state index in [0.29, 0.717) is 9.21 Å². The molecule has 0 saturated heterocycles. The highest BCUT2D eigenvalue weighted by atomic mass is 35.5. The first-order chi connectivity index (χ1) is 12.5. The first kappa shape index (κ1) is 18.6. The molecule has 1 aromatic carbocycles. The number of amides is 1. The molecule has 7 heteroatoms. The van der Waals surface area contributed by atoms with Gasteiger partial charge in [-0.2, -0.15) is 0 Å². The topological polar surface area (TPSA) is 63.7 Å². The Kier molecular flexibility index (Phi) is 5.74. The maximum atomic E-state index is 12.5. The summed E-state index contributed by atoms with van der Waals surface area (Å²) in [5, 5.41) is 0. The zero-order valence-corrected chi connectivity index (χ0v) is 15.8. The van der Waals surface area contributed by atoms with Gasteiger partial charge >= 0.3 is 5.97 Å². The van der Waals surface area contributed by atoms with E-state index in [1.54, 1.807) is 17.0 Å². The Hall–Kier alpha value is -2.18. The molecule has 26 heavy (non-hydrogen) atoms. The fraction of sp³-hybridized carbons (Fsp3) is 0.316. The van der Waals surface area contributed by atoms with E-state index in [2.05, 4.69) is 0 Å². The molecule has 1 amide bonds. The molecule has 2 aromatic rings. The number of carbonyl (C=O) groups excluding carboxylic acids is 3. The average Bonchev–Trinajstić information content (AvgIpc) is 3.20. The number of rotatable bonds is 6. The number of Topliss-reactive ketones (excluding diaryl/α,β-unsaturated/α-hetero) is 1. The number of ether oxygens (including phenoxy) is 1. The minimum Gasteiger partial charge on any atom is -0.456 e. The van der Waals surface area contributed by atoms with Crippen molar-refractivity contribution in [1.82, 2.24) is 0 Å². The molecule has 136 valence electrons. The Balaban J connectivity index is 1.49. The molecule has 1 aliphatic heterocycles. The molecule has 2 heterocycles. The van der Waals surface area contributed by atoms with E-state index in [9.17, 15) is 14.4 Å².